The molecule has 0 radical (unpaired) electrons. The Morgan fingerprint density at radius 2 is 2.17 bits per heavy atom. The van der Waals surface area contributed by atoms with Crippen LogP contribution in [0.5, 0.6) is 0 Å². The lowest BCUT2D eigenvalue weighted by molar-refractivity contribution is 0.0955. The lowest BCUT2D eigenvalue weighted by Gasteiger charge is -2.28. The molecule has 1 heterocycles. The highest BCUT2D eigenvalue weighted by atomic mass is 16.5. The molecule has 3 unspecified atom stereocenters. The quantitative estimate of drug-likeness (QED) is 0.880. The zero-order valence-corrected chi connectivity index (χ0v) is 12.0. The fourth-order valence-corrected chi connectivity index (χ4v) is 2.99. The maximum atomic E-state index is 5.74. The number of ether oxygens (including phenoxy) is 1. The lowest BCUT2D eigenvalue weighted by atomic mass is 9.85. The Kier molecular flexibility index (Phi) is 4.41. The van der Waals surface area contributed by atoms with Gasteiger partial charge in [0.1, 0.15) is 0 Å². The normalized spacial score (nSPS) is 25.3. The van der Waals surface area contributed by atoms with Gasteiger partial charge in [-0.15, -0.1) is 0 Å². The molecule has 0 aliphatic carbocycles. The number of hydrogen-bond donors (Lipinski definition) is 1. The Morgan fingerprint density at radius 3 is 2.78 bits per heavy atom. The number of rotatable bonds is 4. The van der Waals surface area contributed by atoms with E-state index in [-0.39, 0.29) is 0 Å². The zero-order valence-electron chi connectivity index (χ0n) is 12.0. The van der Waals surface area contributed by atoms with Crippen molar-refractivity contribution < 1.29 is 4.74 Å². The molecule has 1 aliphatic rings. The van der Waals surface area contributed by atoms with Crippen LogP contribution in [-0.2, 0) is 4.74 Å². The molecular formula is C16H25NO. The third-order valence-electron chi connectivity index (χ3n) is 4.06. The summed E-state index contributed by atoms with van der Waals surface area (Å²) >= 11 is 0. The summed E-state index contributed by atoms with van der Waals surface area (Å²) in [5.74, 6) is 0.588. The Hall–Kier alpha value is -0.860. The van der Waals surface area contributed by atoms with E-state index in [0.717, 1.165) is 19.6 Å². The molecule has 0 spiro atoms. The van der Waals surface area contributed by atoms with Gasteiger partial charge in [-0.1, -0.05) is 30.7 Å². The van der Waals surface area contributed by atoms with Crippen molar-refractivity contribution in [3.8, 4) is 0 Å². The third kappa shape index (κ3) is 2.76. The summed E-state index contributed by atoms with van der Waals surface area (Å²) in [6.45, 7) is 10.7. The van der Waals surface area contributed by atoms with Crippen LogP contribution in [0.1, 0.15) is 43.0 Å². The molecule has 1 aliphatic heterocycles. The van der Waals surface area contributed by atoms with Crippen LogP contribution in [-0.4, -0.2) is 19.3 Å². The minimum Gasteiger partial charge on any atom is -0.378 e. The number of aryl methyl sites for hydroxylation is 2. The molecule has 2 nitrogen and oxygen atoms in total. The second-order valence-electron chi connectivity index (χ2n) is 5.42. The smallest absolute Gasteiger partial charge is 0.0594 e. The van der Waals surface area contributed by atoms with Crippen molar-refractivity contribution in [2.45, 2.75) is 46.3 Å². The molecule has 1 saturated heterocycles. The van der Waals surface area contributed by atoms with Crippen molar-refractivity contribution in [2.24, 2.45) is 5.92 Å². The number of benzene rings is 1. The van der Waals surface area contributed by atoms with E-state index in [2.05, 4.69) is 51.2 Å². The van der Waals surface area contributed by atoms with E-state index >= 15 is 0 Å². The molecule has 0 aromatic heterocycles. The minimum absolute atomic E-state index is 0.356. The molecule has 100 valence electrons. The van der Waals surface area contributed by atoms with E-state index in [4.69, 9.17) is 4.74 Å². The lowest BCUT2D eigenvalue weighted by Crippen LogP contribution is -2.32. The maximum Gasteiger partial charge on any atom is 0.0594 e. The maximum absolute atomic E-state index is 5.74. The second-order valence-corrected chi connectivity index (χ2v) is 5.42. The predicted molar refractivity (Wildman–Crippen MR) is 75.9 cm³/mol. The van der Waals surface area contributed by atoms with Crippen LogP contribution >= 0.6 is 0 Å². The molecule has 1 N–H and O–H groups in total. The summed E-state index contributed by atoms with van der Waals surface area (Å²) in [4.78, 5) is 0. The highest BCUT2D eigenvalue weighted by molar-refractivity contribution is 5.33. The molecule has 1 aromatic rings. The highest BCUT2D eigenvalue weighted by Crippen LogP contribution is 2.34. The van der Waals surface area contributed by atoms with E-state index in [9.17, 15) is 0 Å². The van der Waals surface area contributed by atoms with E-state index in [1.165, 1.54) is 16.7 Å². The van der Waals surface area contributed by atoms with Crippen molar-refractivity contribution in [2.75, 3.05) is 13.2 Å². The average molecular weight is 247 g/mol. The van der Waals surface area contributed by atoms with Crippen LogP contribution < -0.4 is 5.32 Å². The van der Waals surface area contributed by atoms with Crippen molar-refractivity contribution in [1.29, 1.82) is 0 Å². The van der Waals surface area contributed by atoms with Crippen molar-refractivity contribution in [3.05, 3.63) is 34.9 Å². The van der Waals surface area contributed by atoms with Crippen LogP contribution in [0.4, 0.5) is 0 Å². The van der Waals surface area contributed by atoms with Gasteiger partial charge in [0.15, 0.2) is 0 Å². The van der Waals surface area contributed by atoms with Gasteiger partial charge in [0.05, 0.1) is 6.10 Å². The molecule has 0 bridgehead atoms. The average Bonchev–Trinajstić information content (AvgIpc) is 2.76. The molecule has 0 saturated carbocycles. The summed E-state index contributed by atoms with van der Waals surface area (Å²) in [6, 6.07) is 7.17. The van der Waals surface area contributed by atoms with Gasteiger partial charge in [-0.3, -0.25) is 0 Å². The molecule has 1 aromatic carbocycles. The first kappa shape index (κ1) is 13.6. The van der Waals surface area contributed by atoms with Crippen molar-refractivity contribution in [3.63, 3.8) is 0 Å². The van der Waals surface area contributed by atoms with Crippen molar-refractivity contribution in [1.82, 2.24) is 5.32 Å². The molecule has 1 fully saturated rings. The third-order valence-corrected chi connectivity index (χ3v) is 4.06. The molecule has 2 heteroatoms. The Bertz CT molecular complexity index is 402. The molecule has 2 rings (SSSR count). The summed E-state index contributed by atoms with van der Waals surface area (Å²) in [5, 5.41) is 3.66. The summed E-state index contributed by atoms with van der Waals surface area (Å²) in [6.07, 6.45) is 1.51. The van der Waals surface area contributed by atoms with Gasteiger partial charge >= 0.3 is 0 Å². The summed E-state index contributed by atoms with van der Waals surface area (Å²) in [5.41, 5.74) is 4.16. The number of nitrogens with one attached hydrogen (secondary N) is 1. The standard InChI is InChI=1S/C16H25NO/c1-5-17-16(14-8-9-18-13(14)4)15-10-11(2)6-7-12(15)3/h6-7,10,13-14,16-17H,5,8-9H2,1-4H3. The van der Waals surface area contributed by atoms with Crippen LogP contribution in [0.25, 0.3) is 0 Å². The van der Waals surface area contributed by atoms with Gasteiger partial charge in [0.25, 0.3) is 0 Å². The first-order valence-electron chi connectivity index (χ1n) is 7.05. The van der Waals surface area contributed by atoms with Gasteiger partial charge in [-0.25, -0.2) is 0 Å². The summed E-state index contributed by atoms with van der Waals surface area (Å²) in [7, 11) is 0. The fourth-order valence-electron chi connectivity index (χ4n) is 2.99. The zero-order chi connectivity index (χ0) is 13.1. The van der Waals surface area contributed by atoms with E-state index < -0.39 is 0 Å². The highest BCUT2D eigenvalue weighted by Gasteiger charge is 2.32. The molecule has 0 amide bonds. The van der Waals surface area contributed by atoms with Crippen LogP contribution in [0.2, 0.25) is 0 Å². The first-order valence-corrected chi connectivity index (χ1v) is 7.05. The SMILES string of the molecule is CCNC(c1cc(C)ccc1C)C1CCOC1C. The van der Waals surface area contributed by atoms with Crippen LogP contribution in [0.3, 0.4) is 0 Å². The minimum atomic E-state index is 0.356. The van der Waals surface area contributed by atoms with Gasteiger partial charge < -0.3 is 10.1 Å². The van der Waals surface area contributed by atoms with E-state index in [0.29, 0.717) is 18.1 Å². The Balaban J connectivity index is 2.31. The fraction of sp³-hybridized carbons (Fsp3) is 0.625. The molecule has 18 heavy (non-hydrogen) atoms. The monoisotopic (exact) mass is 247 g/mol. The van der Waals surface area contributed by atoms with Gasteiger partial charge in [-0.2, -0.15) is 0 Å². The topological polar surface area (TPSA) is 21.3 Å². The Morgan fingerprint density at radius 1 is 1.39 bits per heavy atom. The Labute approximate surface area is 111 Å². The molecule has 3 atom stereocenters. The second kappa shape index (κ2) is 5.85. The van der Waals surface area contributed by atoms with Gasteiger partial charge in [0.2, 0.25) is 0 Å². The van der Waals surface area contributed by atoms with Gasteiger partial charge in [-0.05, 0) is 44.9 Å². The summed E-state index contributed by atoms with van der Waals surface area (Å²) < 4.78 is 5.74. The largest absolute Gasteiger partial charge is 0.378 e. The number of hydrogen-bond acceptors (Lipinski definition) is 2. The van der Waals surface area contributed by atoms with Gasteiger partial charge in [0, 0.05) is 18.6 Å². The van der Waals surface area contributed by atoms with E-state index in [1.807, 2.05) is 0 Å². The molecular weight excluding hydrogens is 222 g/mol. The van der Waals surface area contributed by atoms with Crippen LogP contribution in [0.15, 0.2) is 18.2 Å². The van der Waals surface area contributed by atoms with Crippen LogP contribution in [0, 0.1) is 19.8 Å². The first-order chi connectivity index (χ1) is 8.63. The predicted octanol–water partition coefficient (Wildman–Crippen LogP) is 3.38. The van der Waals surface area contributed by atoms with E-state index in [1.54, 1.807) is 0 Å². The van der Waals surface area contributed by atoms with Crippen molar-refractivity contribution >= 4 is 0 Å².